The second kappa shape index (κ2) is 4.42. The molecular weight excluding hydrogens is 250 g/mol. The topological polar surface area (TPSA) is 68.5 Å². The predicted octanol–water partition coefficient (Wildman–Crippen LogP) is 2.58. The zero-order chi connectivity index (χ0) is 13.5. The molecule has 1 amide bonds. The van der Waals surface area contributed by atoms with Gasteiger partial charge in [0.15, 0.2) is 5.13 Å². The SMILES string of the molecule is CC1CN(C(=O)OC(C)(C)C)Cc2sc(N)nc21. The summed E-state index contributed by atoms with van der Waals surface area (Å²) in [6.45, 7) is 8.83. The molecule has 1 aliphatic rings. The average Bonchev–Trinajstić information content (AvgIpc) is 2.56. The Labute approximate surface area is 111 Å². The van der Waals surface area contributed by atoms with Crippen LogP contribution in [0, 0.1) is 0 Å². The molecule has 1 unspecified atom stereocenters. The van der Waals surface area contributed by atoms with E-state index >= 15 is 0 Å². The van der Waals surface area contributed by atoms with Crippen molar-refractivity contribution in [2.75, 3.05) is 12.3 Å². The maximum Gasteiger partial charge on any atom is 0.410 e. The van der Waals surface area contributed by atoms with Gasteiger partial charge in [0, 0.05) is 17.3 Å². The van der Waals surface area contributed by atoms with E-state index in [0.29, 0.717) is 18.2 Å². The maximum atomic E-state index is 12.0. The summed E-state index contributed by atoms with van der Waals surface area (Å²) in [5.41, 5.74) is 6.28. The molecule has 0 fully saturated rings. The standard InChI is InChI=1S/C12H19N3O2S/c1-7-5-15(11(16)17-12(2,3)4)6-8-9(7)14-10(13)18-8/h7H,5-6H2,1-4H3,(H2,13,14). The Morgan fingerprint density at radius 1 is 1.56 bits per heavy atom. The van der Waals surface area contributed by atoms with Gasteiger partial charge in [0.2, 0.25) is 0 Å². The largest absolute Gasteiger partial charge is 0.444 e. The van der Waals surface area contributed by atoms with E-state index < -0.39 is 5.60 Å². The number of carbonyl (C=O) groups excluding carboxylic acids is 1. The quantitative estimate of drug-likeness (QED) is 0.786. The number of nitrogen functional groups attached to an aromatic ring is 1. The minimum absolute atomic E-state index is 0.204. The number of hydrogen-bond acceptors (Lipinski definition) is 5. The fraction of sp³-hybridized carbons (Fsp3) is 0.667. The van der Waals surface area contributed by atoms with E-state index in [0.717, 1.165) is 10.6 Å². The Balaban J connectivity index is 2.13. The van der Waals surface area contributed by atoms with Crippen LogP contribution >= 0.6 is 11.3 Å². The number of ether oxygens (including phenoxy) is 1. The fourth-order valence-corrected chi connectivity index (χ4v) is 2.97. The molecule has 100 valence electrons. The van der Waals surface area contributed by atoms with Gasteiger partial charge in [0.05, 0.1) is 12.2 Å². The lowest BCUT2D eigenvalue weighted by Crippen LogP contribution is -2.40. The number of anilines is 1. The van der Waals surface area contributed by atoms with Crippen molar-refractivity contribution in [2.45, 2.75) is 45.8 Å². The molecule has 1 aromatic rings. The van der Waals surface area contributed by atoms with Crippen molar-refractivity contribution in [3.8, 4) is 0 Å². The molecule has 0 aliphatic carbocycles. The van der Waals surface area contributed by atoms with Crippen LogP contribution in [0.2, 0.25) is 0 Å². The van der Waals surface area contributed by atoms with Gasteiger partial charge in [0.1, 0.15) is 5.60 Å². The van der Waals surface area contributed by atoms with E-state index in [1.54, 1.807) is 4.90 Å². The highest BCUT2D eigenvalue weighted by Crippen LogP contribution is 2.33. The van der Waals surface area contributed by atoms with Crippen molar-refractivity contribution < 1.29 is 9.53 Å². The molecule has 0 spiro atoms. The first kappa shape index (κ1) is 13.1. The van der Waals surface area contributed by atoms with Crippen molar-refractivity contribution in [1.29, 1.82) is 0 Å². The van der Waals surface area contributed by atoms with Crippen LogP contribution in [-0.4, -0.2) is 28.1 Å². The van der Waals surface area contributed by atoms with E-state index in [2.05, 4.69) is 11.9 Å². The van der Waals surface area contributed by atoms with E-state index in [9.17, 15) is 4.79 Å². The number of fused-ring (bicyclic) bond motifs is 1. The van der Waals surface area contributed by atoms with Gasteiger partial charge in [-0.05, 0) is 20.8 Å². The van der Waals surface area contributed by atoms with Gasteiger partial charge < -0.3 is 15.4 Å². The number of amides is 1. The molecule has 5 nitrogen and oxygen atoms in total. The Morgan fingerprint density at radius 3 is 2.83 bits per heavy atom. The fourth-order valence-electron chi connectivity index (χ4n) is 2.00. The first-order valence-corrected chi connectivity index (χ1v) is 6.81. The number of nitrogens with zero attached hydrogens (tertiary/aromatic N) is 2. The Hall–Kier alpha value is -1.30. The maximum absolute atomic E-state index is 12.0. The molecule has 0 saturated carbocycles. The smallest absolute Gasteiger partial charge is 0.410 e. The molecular formula is C12H19N3O2S. The number of nitrogens with two attached hydrogens (primary N) is 1. The summed E-state index contributed by atoms with van der Waals surface area (Å²) in [4.78, 5) is 19.1. The normalized spacial score (nSPS) is 19.6. The number of rotatable bonds is 0. The first-order valence-electron chi connectivity index (χ1n) is 5.99. The van der Waals surface area contributed by atoms with Crippen LogP contribution in [0.5, 0.6) is 0 Å². The van der Waals surface area contributed by atoms with Gasteiger partial charge in [-0.15, -0.1) is 11.3 Å². The second-order valence-electron chi connectivity index (χ2n) is 5.62. The first-order chi connectivity index (χ1) is 8.26. The van der Waals surface area contributed by atoms with Gasteiger partial charge >= 0.3 is 6.09 Å². The van der Waals surface area contributed by atoms with Crippen LogP contribution in [-0.2, 0) is 11.3 Å². The van der Waals surface area contributed by atoms with Crippen LogP contribution in [0.25, 0.3) is 0 Å². The molecule has 2 rings (SSSR count). The lowest BCUT2D eigenvalue weighted by Gasteiger charge is -2.32. The van der Waals surface area contributed by atoms with Crippen molar-refractivity contribution >= 4 is 22.6 Å². The summed E-state index contributed by atoms with van der Waals surface area (Å²) in [6.07, 6.45) is -0.271. The van der Waals surface area contributed by atoms with Gasteiger partial charge in [-0.3, -0.25) is 0 Å². The second-order valence-corrected chi connectivity index (χ2v) is 6.74. The predicted molar refractivity (Wildman–Crippen MR) is 71.6 cm³/mol. The highest BCUT2D eigenvalue weighted by Gasteiger charge is 2.31. The van der Waals surface area contributed by atoms with Crippen LogP contribution in [0.1, 0.15) is 44.2 Å². The molecule has 2 heterocycles. The zero-order valence-corrected chi connectivity index (χ0v) is 12.0. The van der Waals surface area contributed by atoms with Crippen LogP contribution in [0.3, 0.4) is 0 Å². The van der Waals surface area contributed by atoms with E-state index in [-0.39, 0.29) is 12.0 Å². The van der Waals surface area contributed by atoms with Crippen LogP contribution < -0.4 is 5.73 Å². The van der Waals surface area contributed by atoms with E-state index in [1.807, 2.05) is 20.8 Å². The van der Waals surface area contributed by atoms with E-state index in [4.69, 9.17) is 10.5 Å². The molecule has 6 heteroatoms. The summed E-state index contributed by atoms with van der Waals surface area (Å²) in [5.74, 6) is 0.204. The third kappa shape index (κ3) is 2.75. The summed E-state index contributed by atoms with van der Waals surface area (Å²) < 4.78 is 5.39. The number of aromatic nitrogens is 1. The summed E-state index contributed by atoms with van der Waals surface area (Å²) in [6, 6.07) is 0. The third-order valence-electron chi connectivity index (χ3n) is 2.69. The monoisotopic (exact) mass is 269 g/mol. The van der Waals surface area contributed by atoms with Gasteiger partial charge in [-0.1, -0.05) is 6.92 Å². The average molecular weight is 269 g/mol. The zero-order valence-electron chi connectivity index (χ0n) is 11.2. The molecule has 1 aromatic heterocycles. The Bertz CT molecular complexity index is 464. The Morgan fingerprint density at radius 2 is 2.22 bits per heavy atom. The number of carbonyl (C=O) groups is 1. The third-order valence-corrected chi connectivity index (χ3v) is 3.58. The lowest BCUT2D eigenvalue weighted by molar-refractivity contribution is 0.0210. The van der Waals surface area contributed by atoms with Crippen molar-refractivity contribution in [3.63, 3.8) is 0 Å². The van der Waals surface area contributed by atoms with Gasteiger partial charge in [-0.2, -0.15) is 0 Å². The van der Waals surface area contributed by atoms with Crippen molar-refractivity contribution in [2.24, 2.45) is 0 Å². The summed E-state index contributed by atoms with van der Waals surface area (Å²) in [7, 11) is 0. The molecule has 1 atom stereocenters. The van der Waals surface area contributed by atoms with Crippen LogP contribution in [0.15, 0.2) is 0 Å². The van der Waals surface area contributed by atoms with Crippen molar-refractivity contribution in [1.82, 2.24) is 9.88 Å². The minimum atomic E-state index is -0.465. The highest BCUT2D eigenvalue weighted by atomic mass is 32.1. The molecule has 0 saturated heterocycles. The molecule has 0 aromatic carbocycles. The van der Waals surface area contributed by atoms with Crippen molar-refractivity contribution in [3.05, 3.63) is 10.6 Å². The van der Waals surface area contributed by atoms with Gasteiger partial charge in [-0.25, -0.2) is 9.78 Å². The van der Waals surface area contributed by atoms with E-state index in [1.165, 1.54) is 11.3 Å². The summed E-state index contributed by atoms with van der Waals surface area (Å²) in [5, 5.41) is 0.567. The lowest BCUT2D eigenvalue weighted by atomic mass is 10.0. The Kier molecular flexibility index (Phi) is 3.23. The molecule has 2 N–H and O–H groups in total. The number of thiazole rings is 1. The summed E-state index contributed by atoms with van der Waals surface area (Å²) >= 11 is 1.45. The highest BCUT2D eigenvalue weighted by molar-refractivity contribution is 7.15. The molecule has 18 heavy (non-hydrogen) atoms. The van der Waals surface area contributed by atoms with Crippen LogP contribution in [0.4, 0.5) is 9.93 Å². The molecule has 0 radical (unpaired) electrons. The number of hydrogen-bond donors (Lipinski definition) is 1. The molecule has 1 aliphatic heterocycles. The van der Waals surface area contributed by atoms with Gasteiger partial charge in [0.25, 0.3) is 0 Å². The minimum Gasteiger partial charge on any atom is -0.444 e. The molecule has 0 bridgehead atoms.